The van der Waals surface area contributed by atoms with Crippen molar-refractivity contribution in [3.05, 3.63) is 48.0 Å². The number of cyclic esters (lactones) is 1. The summed E-state index contributed by atoms with van der Waals surface area (Å²) in [6.07, 6.45) is -1.90. The van der Waals surface area contributed by atoms with Gasteiger partial charge in [0.25, 0.3) is 5.91 Å². The molecule has 1 heterocycles. The third-order valence-corrected chi connectivity index (χ3v) is 5.39. The second-order valence-electron chi connectivity index (χ2n) is 8.15. The summed E-state index contributed by atoms with van der Waals surface area (Å²) in [4.78, 5) is 63.4. The number of aliphatic hydroxyl groups excluding tert-OH is 1. The lowest BCUT2D eigenvalue weighted by atomic mass is 10.0. The SMILES string of the molecule is CO[C@H](C(=O)N1C(=O)OC[C@@H]1c1ccccc1)[C@H](OC(C)=O)C(=O)C=CC(=O)CCCOCCOCCO. The molecule has 0 spiro atoms. The molecule has 0 saturated carbocycles. The smallest absolute Gasteiger partial charge is 0.417 e. The number of esters is 1. The Bertz CT molecular complexity index is 979. The van der Waals surface area contributed by atoms with E-state index in [2.05, 4.69) is 0 Å². The normalized spacial score (nSPS) is 16.8. The summed E-state index contributed by atoms with van der Waals surface area (Å²) in [5.41, 5.74) is 0.629. The molecule has 1 aromatic carbocycles. The van der Waals surface area contributed by atoms with Crippen molar-refractivity contribution in [3.8, 4) is 0 Å². The summed E-state index contributed by atoms with van der Waals surface area (Å²) >= 11 is 0. The third-order valence-electron chi connectivity index (χ3n) is 5.39. The van der Waals surface area contributed by atoms with Crippen molar-refractivity contribution in [1.29, 1.82) is 0 Å². The van der Waals surface area contributed by atoms with Gasteiger partial charge in [-0.25, -0.2) is 9.69 Å². The van der Waals surface area contributed by atoms with Gasteiger partial charge in [0.1, 0.15) is 12.6 Å². The van der Waals surface area contributed by atoms with Gasteiger partial charge < -0.3 is 28.8 Å². The maximum atomic E-state index is 13.4. The number of amides is 2. The molecule has 1 aliphatic heterocycles. The predicted octanol–water partition coefficient (Wildman–Crippen LogP) is 1.15. The Morgan fingerprint density at radius 3 is 2.37 bits per heavy atom. The number of benzene rings is 1. The van der Waals surface area contributed by atoms with Crippen molar-refractivity contribution in [2.45, 2.75) is 38.0 Å². The van der Waals surface area contributed by atoms with Crippen molar-refractivity contribution in [2.75, 3.05) is 46.8 Å². The van der Waals surface area contributed by atoms with Crippen molar-refractivity contribution in [2.24, 2.45) is 0 Å². The van der Waals surface area contributed by atoms with Crippen LogP contribution >= 0.6 is 0 Å². The summed E-state index contributed by atoms with van der Waals surface area (Å²) in [5.74, 6) is -3.03. The number of carbonyl (C=O) groups is 5. The highest BCUT2D eigenvalue weighted by molar-refractivity contribution is 6.05. The van der Waals surface area contributed by atoms with Crippen LogP contribution in [-0.4, -0.2) is 98.5 Å². The summed E-state index contributed by atoms with van der Waals surface area (Å²) < 4.78 is 25.7. The van der Waals surface area contributed by atoms with Crippen LogP contribution < -0.4 is 0 Å². The molecular formula is C26H33NO11. The first-order valence-electron chi connectivity index (χ1n) is 12.1. The van der Waals surface area contributed by atoms with Gasteiger partial charge in [0.15, 0.2) is 23.8 Å². The number of aliphatic hydroxyl groups is 1. The zero-order valence-electron chi connectivity index (χ0n) is 21.4. The minimum absolute atomic E-state index is 0.0733. The van der Waals surface area contributed by atoms with E-state index in [1.807, 2.05) is 0 Å². The van der Waals surface area contributed by atoms with Gasteiger partial charge in [0.2, 0.25) is 0 Å². The van der Waals surface area contributed by atoms with Gasteiger partial charge in [0, 0.05) is 27.1 Å². The van der Waals surface area contributed by atoms with Gasteiger partial charge in [-0.05, 0) is 24.1 Å². The van der Waals surface area contributed by atoms with Crippen LogP contribution in [0, 0.1) is 0 Å². The Kier molecular flexibility index (Phi) is 13.3. The molecule has 3 atom stereocenters. The van der Waals surface area contributed by atoms with Crippen molar-refractivity contribution < 1.29 is 52.8 Å². The third kappa shape index (κ3) is 9.45. The van der Waals surface area contributed by atoms with Gasteiger partial charge in [-0.3, -0.25) is 19.2 Å². The molecule has 0 aromatic heterocycles. The average Bonchev–Trinajstić information content (AvgIpc) is 3.30. The van der Waals surface area contributed by atoms with E-state index in [0.29, 0.717) is 31.8 Å². The average molecular weight is 536 g/mol. The first kappa shape index (κ1) is 30.8. The van der Waals surface area contributed by atoms with E-state index in [0.717, 1.165) is 31.1 Å². The highest BCUT2D eigenvalue weighted by Crippen LogP contribution is 2.29. The number of carbonyl (C=O) groups excluding carboxylic acids is 5. The van der Waals surface area contributed by atoms with Crippen LogP contribution in [0.5, 0.6) is 0 Å². The Morgan fingerprint density at radius 2 is 1.74 bits per heavy atom. The molecule has 0 radical (unpaired) electrons. The Hall–Kier alpha value is -3.45. The number of hydrogen-bond donors (Lipinski definition) is 1. The Morgan fingerprint density at radius 1 is 1.05 bits per heavy atom. The fourth-order valence-corrected chi connectivity index (χ4v) is 3.61. The first-order chi connectivity index (χ1) is 18.3. The van der Waals surface area contributed by atoms with Gasteiger partial charge in [-0.15, -0.1) is 0 Å². The second-order valence-corrected chi connectivity index (χ2v) is 8.15. The molecule has 1 saturated heterocycles. The zero-order valence-corrected chi connectivity index (χ0v) is 21.4. The molecule has 0 unspecified atom stereocenters. The van der Waals surface area contributed by atoms with Crippen molar-refractivity contribution in [3.63, 3.8) is 0 Å². The minimum atomic E-state index is -1.74. The van der Waals surface area contributed by atoms with E-state index in [-0.39, 0.29) is 32.0 Å². The molecule has 1 aliphatic rings. The molecule has 0 aliphatic carbocycles. The van der Waals surface area contributed by atoms with E-state index in [1.54, 1.807) is 30.3 Å². The topological polar surface area (TPSA) is 155 Å². The van der Waals surface area contributed by atoms with Crippen LogP contribution in [0.15, 0.2) is 42.5 Å². The Balaban J connectivity index is 2.03. The standard InChI is InChI=1S/C26H33NO11/c1-18(29)38-23(22(31)11-10-20(30)9-6-13-35-15-16-36-14-12-28)24(34-2)25(32)27-21(17-37-26(27)33)19-7-4-3-5-8-19/h3-5,7-8,10-11,21,23-24,28H,6,9,12-17H2,1-2H3/t21-,23-,24+/m1/s1. The fourth-order valence-electron chi connectivity index (χ4n) is 3.61. The molecular weight excluding hydrogens is 502 g/mol. The van der Waals surface area contributed by atoms with Crippen LogP contribution in [-0.2, 0) is 42.9 Å². The number of allylic oxidation sites excluding steroid dienone is 1. The number of rotatable bonds is 17. The minimum Gasteiger partial charge on any atom is -0.451 e. The molecule has 12 heteroatoms. The van der Waals surface area contributed by atoms with Gasteiger partial charge >= 0.3 is 12.1 Å². The largest absolute Gasteiger partial charge is 0.451 e. The predicted molar refractivity (Wildman–Crippen MR) is 131 cm³/mol. The number of ether oxygens (including phenoxy) is 5. The maximum Gasteiger partial charge on any atom is 0.417 e. The van der Waals surface area contributed by atoms with Gasteiger partial charge in [-0.2, -0.15) is 0 Å². The molecule has 208 valence electrons. The van der Waals surface area contributed by atoms with Gasteiger partial charge in [-0.1, -0.05) is 30.3 Å². The maximum absolute atomic E-state index is 13.4. The van der Waals surface area contributed by atoms with Crippen LogP contribution in [0.25, 0.3) is 0 Å². The van der Waals surface area contributed by atoms with Crippen molar-refractivity contribution >= 4 is 29.5 Å². The van der Waals surface area contributed by atoms with E-state index in [9.17, 15) is 24.0 Å². The lowest BCUT2D eigenvalue weighted by Crippen LogP contribution is -2.51. The lowest BCUT2D eigenvalue weighted by Gasteiger charge is -2.27. The molecule has 12 nitrogen and oxygen atoms in total. The van der Waals surface area contributed by atoms with Crippen LogP contribution in [0.2, 0.25) is 0 Å². The lowest BCUT2D eigenvalue weighted by molar-refractivity contribution is -0.166. The molecule has 0 bridgehead atoms. The van der Waals surface area contributed by atoms with Crippen LogP contribution in [0.3, 0.4) is 0 Å². The summed E-state index contributed by atoms with van der Waals surface area (Å²) in [6.45, 7) is 2.04. The second kappa shape index (κ2) is 16.4. The number of ketones is 2. The molecule has 1 N–H and O–H groups in total. The van der Waals surface area contributed by atoms with E-state index in [1.165, 1.54) is 0 Å². The number of nitrogens with zero attached hydrogens (tertiary/aromatic N) is 1. The summed E-state index contributed by atoms with van der Waals surface area (Å²) in [5, 5.41) is 8.62. The number of hydrogen-bond acceptors (Lipinski definition) is 11. The van der Waals surface area contributed by atoms with E-state index >= 15 is 0 Å². The molecule has 2 rings (SSSR count). The summed E-state index contributed by atoms with van der Waals surface area (Å²) in [6, 6.07) is 7.92. The van der Waals surface area contributed by atoms with Crippen molar-refractivity contribution in [1.82, 2.24) is 4.90 Å². The highest BCUT2D eigenvalue weighted by atomic mass is 16.6. The van der Waals surface area contributed by atoms with Crippen LogP contribution in [0.1, 0.15) is 31.4 Å². The van der Waals surface area contributed by atoms with E-state index < -0.39 is 42.0 Å². The zero-order chi connectivity index (χ0) is 27.9. The molecule has 38 heavy (non-hydrogen) atoms. The number of methoxy groups -OCH3 is 1. The highest BCUT2D eigenvalue weighted by Gasteiger charge is 2.46. The molecule has 2 amide bonds. The molecule has 1 aromatic rings. The van der Waals surface area contributed by atoms with Gasteiger partial charge in [0.05, 0.1) is 26.4 Å². The quantitative estimate of drug-likeness (QED) is 0.173. The van der Waals surface area contributed by atoms with E-state index in [4.69, 9.17) is 28.8 Å². The summed E-state index contributed by atoms with van der Waals surface area (Å²) in [7, 11) is 1.13. The first-order valence-corrected chi connectivity index (χ1v) is 12.1. The van der Waals surface area contributed by atoms with Crippen LogP contribution in [0.4, 0.5) is 4.79 Å². The number of imide groups is 1. The monoisotopic (exact) mass is 535 g/mol. The Labute approximate surface area is 220 Å². The molecule has 1 fully saturated rings. The fraction of sp³-hybridized carbons (Fsp3) is 0.500.